The van der Waals surface area contributed by atoms with E-state index in [-0.39, 0.29) is 0 Å². The molecular weight excluding hydrogens is 386 g/mol. The molecule has 0 bridgehead atoms. The van der Waals surface area contributed by atoms with Crippen LogP contribution in [0.25, 0.3) is 11.3 Å². The quantitative estimate of drug-likeness (QED) is 0.673. The molecule has 4 heterocycles. The molecule has 0 aliphatic carbocycles. The summed E-state index contributed by atoms with van der Waals surface area (Å²) in [6.45, 7) is 5.73. The maximum absolute atomic E-state index is 5.47. The summed E-state index contributed by atoms with van der Waals surface area (Å²) in [6.07, 6.45) is 1.63. The molecule has 2 aliphatic heterocycles. The van der Waals surface area contributed by atoms with Gasteiger partial charge in [0.2, 0.25) is 17.8 Å². The predicted molar refractivity (Wildman–Crippen MR) is 111 cm³/mol. The highest BCUT2D eigenvalue weighted by atomic mass is 16.5. The Hall–Kier alpha value is -3.24. The van der Waals surface area contributed by atoms with Crippen molar-refractivity contribution >= 4 is 23.5 Å². The number of nitrogens with zero attached hydrogens (tertiary/aromatic N) is 6. The van der Waals surface area contributed by atoms with Gasteiger partial charge in [-0.05, 0) is 24.3 Å². The SMILES string of the molecule is c1cc(-c2ccc(Nc3nc(N4CCOCC4)nc(N4CCOCC4)n3)cc2)on1. The van der Waals surface area contributed by atoms with Crippen LogP contribution in [0.2, 0.25) is 0 Å². The fourth-order valence-corrected chi connectivity index (χ4v) is 3.43. The highest BCUT2D eigenvalue weighted by Gasteiger charge is 2.20. The molecule has 0 radical (unpaired) electrons. The Morgan fingerprint density at radius 2 is 1.33 bits per heavy atom. The first-order chi connectivity index (χ1) is 14.8. The molecule has 10 nitrogen and oxygen atoms in total. The lowest BCUT2D eigenvalue weighted by Crippen LogP contribution is -2.40. The molecule has 2 saturated heterocycles. The normalized spacial score (nSPS) is 17.2. The van der Waals surface area contributed by atoms with E-state index in [1.54, 1.807) is 6.20 Å². The van der Waals surface area contributed by atoms with Crippen LogP contribution in [0.1, 0.15) is 0 Å². The number of hydrogen-bond donors (Lipinski definition) is 1. The second kappa shape index (κ2) is 8.64. The van der Waals surface area contributed by atoms with Crippen molar-refractivity contribution in [1.29, 1.82) is 0 Å². The lowest BCUT2D eigenvalue weighted by Gasteiger charge is -2.30. The average molecular weight is 409 g/mol. The van der Waals surface area contributed by atoms with Gasteiger partial charge in [0.05, 0.1) is 32.6 Å². The molecule has 1 N–H and O–H groups in total. The summed E-state index contributed by atoms with van der Waals surface area (Å²) in [6, 6.07) is 9.69. The molecule has 2 aliphatic rings. The zero-order valence-corrected chi connectivity index (χ0v) is 16.5. The number of aromatic nitrogens is 4. The van der Waals surface area contributed by atoms with Gasteiger partial charge in [-0.3, -0.25) is 0 Å². The van der Waals surface area contributed by atoms with Gasteiger partial charge in [-0.1, -0.05) is 5.16 Å². The zero-order chi connectivity index (χ0) is 20.2. The minimum Gasteiger partial charge on any atom is -0.378 e. The molecule has 0 saturated carbocycles. The Morgan fingerprint density at radius 3 is 1.87 bits per heavy atom. The third kappa shape index (κ3) is 4.19. The predicted octanol–water partition coefficient (Wildman–Crippen LogP) is 1.94. The van der Waals surface area contributed by atoms with Crippen LogP contribution >= 0.6 is 0 Å². The first-order valence-electron chi connectivity index (χ1n) is 10.0. The fourth-order valence-electron chi connectivity index (χ4n) is 3.43. The number of morpholine rings is 2. The summed E-state index contributed by atoms with van der Waals surface area (Å²) in [5.74, 6) is 2.57. The molecule has 30 heavy (non-hydrogen) atoms. The number of anilines is 4. The highest BCUT2D eigenvalue weighted by Crippen LogP contribution is 2.24. The largest absolute Gasteiger partial charge is 0.378 e. The molecule has 0 spiro atoms. The molecule has 0 amide bonds. The Labute approximate surface area is 173 Å². The minimum absolute atomic E-state index is 0.514. The van der Waals surface area contributed by atoms with Gasteiger partial charge >= 0.3 is 0 Å². The van der Waals surface area contributed by atoms with E-state index < -0.39 is 0 Å². The van der Waals surface area contributed by atoms with Gasteiger partial charge in [-0.2, -0.15) is 15.0 Å². The van der Waals surface area contributed by atoms with Gasteiger partial charge in [0.25, 0.3) is 0 Å². The van der Waals surface area contributed by atoms with Crippen molar-refractivity contribution in [3.8, 4) is 11.3 Å². The van der Waals surface area contributed by atoms with E-state index in [0.29, 0.717) is 44.3 Å². The molecule has 10 heteroatoms. The molecule has 3 aromatic rings. The van der Waals surface area contributed by atoms with Crippen molar-refractivity contribution in [1.82, 2.24) is 20.1 Å². The maximum Gasteiger partial charge on any atom is 0.233 e. The lowest BCUT2D eigenvalue weighted by molar-refractivity contribution is 0.121. The number of ether oxygens (including phenoxy) is 2. The maximum atomic E-state index is 5.47. The van der Waals surface area contributed by atoms with Gasteiger partial charge in [-0.15, -0.1) is 0 Å². The number of rotatable bonds is 5. The molecule has 2 aromatic heterocycles. The summed E-state index contributed by atoms with van der Waals surface area (Å²) < 4.78 is 16.1. The summed E-state index contributed by atoms with van der Waals surface area (Å²) in [5.41, 5.74) is 1.84. The van der Waals surface area contributed by atoms with Crippen LogP contribution in [-0.2, 0) is 9.47 Å². The van der Waals surface area contributed by atoms with Crippen molar-refractivity contribution in [2.45, 2.75) is 0 Å². The zero-order valence-electron chi connectivity index (χ0n) is 16.5. The summed E-state index contributed by atoms with van der Waals surface area (Å²) >= 11 is 0. The molecule has 0 atom stereocenters. The topological polar surface area (TPSA) is 102 Å². The van der Waals surface area contributed by atoms with Crippen molar-refractivity contribution in [2.24, 2.45) is 0 Å². The van der Waals surface area contributed by atoms with Crippen molar-refractivity contribution in [3.05, 3.63) is 36.5 Å². The Bertz CT molecular complexity index is 917. The second-order valence-corrected chi connectivity index (χ2v) is 7.04. The summed E-state index contributed by atoms with van der Waals surface area (Å²) in [7, 11) is 0. The first kappa shape index (κ1) is 18.8. The summed E-state index contributed by atoms with van der Waals surface area (Å²) in [4.78, 5) is 18.3. The third-order valence-corrected chi connectivity index (χ3v) is 5.06. The van der Waals surface area contributed by atoms with E-state index in [1.165, 1.54) is 0 Å². The standard InChI is InChI=1S/C20H23N7O3/c1-3-16(4-2-15(1)17-5-6-21-30-17)22-18-23-19(26-7-11-28-12-8-26)25-20(24-18)27-9-13-29-14-10-27/h1-6H,7-14H2,(H,22,23,24,25). The van der Waals surface area contributed by atoms with Gasteiger partial charge in [0.1, 0.15) is 0 Å². The number of benzene rings is 1. The van der Waals surface area contributed by atoms with Crippen LogP contribution in [0.5, 0.6) is 0 Å². The van der Waals surface area contributed by atoms with E-state index >= 15 is 0 Å². The van der Waals surface area contributed by atoms with E-state index in [0.717, 1.165) is 43.2 Å². The number of hydrogen-bond acceptors (Lipinski definition) is 10. The molecule has 1 aromatic carbocycles. The fraction of sp³-hybridized carbons (Fsp3) is 0.400. The monoisotopic (exact) mass is 409 g/mol. The molecule has 2 fully saturated rings. The molecule has 5 rings (SSSR count). The lowest BCUT2D eigenvalue weighted by atomic mass is 10.1. The van der Waals surface area contributed by atoms with Gasteiger partial charge in [-0.25, -0.2) is 0 Å². The smallest absolute Gasteiger partial charge is 0.233 e. The van der Waals surface area contributed by atoms with Crippen LogP contribution in [0.15, 0.2) is 41.1 Å². The van der Waals surface area contributed by atoms with Crippen molar-refractivity contribution in [3.63, 3.8) is 0 Å². The Balaban J connectivity index is 1.41. The van der Waals surface area contributed by atoms with E-state index in [4.69, 9.17) is 19.0 Å². The van der Waals surface area contributed by atoms with E-state index in [2.05, 4.69) is 30.2 Å². The molecule has 156 valence electrons. The van der Waals surface area contributed by atoms with Gasteiger partial charge in [0, 0.05) is 43.5 Å². The van der Waals surface area contributed by atoms with Crippen LogP contribution in [-0.4, -0.2) is 72.7 Å². The first-order valence-corrected chi connectivity index (χ1v) is 10.0. The summed E-state index contributed by atoms with van der Waals surface area (Å²) in [5, 5.41) is 7.06. The second-order valence-electron chi connectivity index (χ2n) is 7.04. The van der Waals surface area contributed by atoms with Crippen molar-refractivity contribution < 1.29 is 14.0 Å². The average Bonchev–Trinajstić information content (AvgIpc) is 3.36. The van der Waals surface area contributed by atoms with Crippen molar-refractivity contribution in [2.75, 3.05) is 67.7 Å². The Morgan fingerprint density at radius 1 is 0.733 bits per heavy atom. The van der Waals surface area contributed by atoms with E-state index in [9.17, 15) is 0 Å². The Kier molecular flexibility index (Phi) is 5.40. The highest BCUT2D eigenvalue weighted by molar-refractivity contribution is 5.63. The van der Waals surface area contributed by atoms with Crippen LogP contribution in [0, 0.1) is 0 Å². The molecular formula is C20H23N7O3. The van der Waals surface area contributed by atoms with Gasteiger partial charge < -0.3 is 29.1 Å². The van der Waals surface area contributed by atoms with E-state index in [1.807, 2.05) is 30.3 Å². The van der Waals surface area contributed by atoms with Crippen LogP contribution in [0.3, 0.4) is 0 Å². The third-order valence-electron chi connectivity index (χ3n) is 5.06. The minimum atomic E-state index is 0.514. The van der Waals surface area contributed by atoms with Gasteiger partial charge in [0.15, 0.2) is 5.76 Å². The van der Waals surface area contributed by atoms with Crippen LogP contribution < -0.4 is 15.1 Å². The number of nitrogens with one attached hydrogen (secondary N) is 1. The van der Waals surface area contributed by atoms with Crippen LogP contribution in [0.4, 0.5) is 23.5 Å². The molecule has 0 unspecified atom stereocenters.